The molecule has 0 amide bonds. The monoisotopic (exact) mass is 376 g/mol. The number of hydrogen-bond donors (Lipinski definition) is 0. The van der Waals surface area contributed by atoms with Gasteiger partial charge in [-0.25, -0.2) is 13.8 Å². The van der Waals surface area contributed by atoms with Crippen LogP contribution >= 0.6 is 0 Å². The predicted molar refractivity (Wildman–Crippen MR) is 109 cm³/mol. The van der Waals surface area contributed by atoms with Gasteiger partial charge in [0, 0.05) is 40.0 Å². The zero-order valence-corrected chi connectivity index (χ0v) is 16.3. The van der Waals surface area contributed by atoms with Gasteiger partial charge in [0.25, 0.3) is 0 Å². The van der Waals surface area contributed by atoms with Crippen LogP contribution in [0, 0.1) is 12.7 Å². The predicted octanol–water partition coefficient (Wildman–Crippen LogP) is 6.09. The second-order valence-corrected chi connectivity index (χ2v) is 7.85. The Labute approximate surface area is 162 Å². The number of carbonyl (C=O) groups excluding carboxylic acids is 1. The first kappa shape index (κ1) is 18.2. The van der Waals surface area contributed by atoms with Gasteiger partial charge in [-0.2, -0.15) is 0 Å². The van der Waals surface area contributed by atoms with Gasteiger partial charge in [0.1, 0.15) is 11.4 Å². The molecule has 4 nitrogen and oxygen atoms in total. The van der Waals surface area contributed by atoms with E-state index >= 15 is 0 Å². The van der Waals surface area contributed by atoms with Crippen molar-refractivity contribution in [3.05, 3.63) is 66.4 Å². The standard InChI is InChI=1S/C23H21FN2O2/c1-14-21(19-13-25-12-15-7-5-6-8-17(15)19)18-11-16(24)9-10-20(18)26(14)22(27)28-23(2,3)4/h5-13H,1-4H3. The van der Waals surface area contributed by atoms with Crippen LogP contribution < -0.4 is 0 Å². The first-order valence-corrected chi connectivity index (χ1v) is 9.13. The number of halogens is 1. The van der Waals surface area contributed by atoms with Gasteiger partial charge in [0.15, 0.2) is 0 Å². The molecule has 0 spiro atoms. The maximum Gasteiger partial charge on any atom is 0.419 e. The van der Waals surface area contributed by atoms with Crippen LogP contribution in [0.1, 0.15) is 26.5 Å². The summed E-state index contributed by atoms with van der Waals surface area (Å²) in [7, 11) is 0. The van der Waals surface area contributed by atoms with Crippen LogP contribution in [0.25, 0.3) is 32.8 Å². The Morgan fingerprint density at radius 2 is 1.82 bits per heavy atom. The number of aromatic nitrogens is 2. The number of pyridine rings is 1. The zero-order valence-electron chi connectivity index (χ0n) is 16.3. The van der Waals surface area contributed by atoms with Gasteiger partial charge in [0.05, 0.1) is 5.52 Å². The molecule has 0 saturated carbocycles. The van der Waals surface area contributed by atoms with E-state index in [2.05, 4.69) is 4.98 Å². The van der Waals surface area contributed by atoms with E-state index in [4.69, 9.17) is 4.74 Å². The van der Waals surface area contributed by atoms with Crippen molar-refractivity contribution in [2.45, 2.75) is 33.3 Å². The molecular weight excluding hydrogens is 355 g/mol. The van der Waals surface area contributed by atoms with Gasteiger partial charge in [0.2, 0.25) is 0 Å². The fourth-order valence-electron chi connectivity index (χ4n) is 3.59. The molecule has 2 aromatic heterocycles. The smallest absolute Gasteiger partial charge is 0.419 e. The normalized spacial score (nSPS) is 11.9. The van der Waals surface area contributed by atoms with Gasteiger partial charge >= 0.3 is 6.09 Å². The van der Waals surface area contributed by atoms with Crippen LogP contribution in [0.4, 0.5) is 9.18 Å². The third-order valence-corrected chi connectivity index (χ3v) is 4.68. The third kappa shape index (κ3) is 3.03. The summed E-state index contributed by atoms with van der Waals surface area (Å²) in [4.78, 5) is 17.3. The molecule has 0 fully saturated rings. The highest BCUT2D eigenvalue weighted by atomic mass is 19.1. The van der Waals surface area contributed by atoms with Crippen LogP contribution in [0.5, 0.6) is 0 Å². The van der Waals surface area contributed by atoms with E-state index in [1.54, 1.807) is 18.5 Å². The molecule has 0 N–H and O–H groups in total. The van der Waals surface area contributed by atoms with E-state index in [1.165, 1.54) is 16.7 Å². The molecule has 4 rings (SSSR count). The molecule has 0 radical (unpaired) electrons. The molecule has 0 bridgehead atoms. The van der Waals surface area contributed by atoms with Crippen molar-refractivity contribution in [3.8, 4) is 11.1 Å². The molecule has 0 aliphatic rings. The summed E-state index contributed by atoms with van der Waals surface area (Å²) in [6, 6.07) is 12.3. The zero-order chi connectivity index (χ0) is 20.1. The average molecular weight is 376 g/mol. The van der Waals surface area contributed by atoms with Crippen molar-refractivity contribution in [1.82, 2.24) is 9.55 Å². The van der Waals surface area contributed by atoms with Gasteiger partial charge in [-0.3, -0.25) is 4.98 Å². The van der Waals surface area contributed by atoms with Crippen molar-refractivity contribution < 1.29 is 13.9 Å². The Morgan fingerprint density at radius 1 is 1.07 bits per heavy atom. The Bertz CT molecular complexity index is 1210. The minimum atomic E-state index is -0.638. The number of hydrogen-bond acceptors (Lipinski definition) is 3. The van der Waals surface area contributed by atoms with Gasteiger partial charge < -0.3 is 4.74 Å². The van der Waals surface area contributed by atoms with E-state index in [-0.39, 0.29) is 5.82 Å². The maximum atomic E-state index is 14.1. The molecule has 4 aromatic rings. The van der Waals surface area contributed by atoms with E-state index in [0.29, 0.717) is 16.6 Å². The minimum Gasteiger partial charge on any atom is -0.443 e. The van der Waals surface area contributed by atoms with Crippen molar-refractivity contribution in [2.24, 2.45) is 0 Å². The molecule has 0 atom stereocenters. The lowest BCUT2D eigenvalue weighted by molar-refractivity contribution is 0.0542. The van der Waals surface area contributed by atoms with Crippen LogP contribution in [-0.2, 0) is 4.74 Å². The lowest BCUT2D eigenvalue weighted by atomic mass is 9.98. The quantitative estimate of drug-likeness (QED) is 0.404. The third-order valence-electron chi connectivity index (χ3n) is 4.68. The second kappa shape index (κ2) is 6.44. The van der Waals surface area contributed by atoms with Crippen LogP contribution in [0.15, 0.2) is 54.9 Å². The summed E-state index contributed by atoms with van der Waals surface area (Å²) in [5.74, 6) is -0.358. The second-order valence-electron chi connectivity index (χ2n) is 7.85. The molecule has 0 aliphatic heterocycles. The fourth-order valence-corrected chi connectivity index (χ4v) is 3.59. The van der Waals surface area contributed by atoms with Gasteiger partial charge in [-0.15, -0.1) is 0 Å². The van der Waals surface area contributed by atoms with Crippen LogP contribution in [0.3, 0.4) is 0 Å². The summed E-state index contributed by atoms with van der Waals surface area (Å²) in [5.41, 5.74) is 2.30. The highest BCUT2D eigenvalue weighted by molar-refractivity contribution is 6.08. The fraction of sp³-hybridized carbons (Fsp3) is 0.217. The van der Waals surface area contributed by atoms with E-state index in [1.807, 2.05) is 52.0 Å². The molecule has 5 heteroatoms. The van der Waals surface area contributed by atoms with E-state index in [0.717, 1.165) is 21.9 Å². The molecule has 28 heavy (non-hydrogen) atoms. The van der Waals surface area contributed by atoms with Crippen molar-refractivity contribution >= 4 is 27.8 Å². The molecule has 0 aliphatic carbocycles. The van der Waals surface area contributed by atoms with E-state index in [9.17, 15) is 9.18 Å². The maximum absolute atomic E-state index is 14.1. The summed E-state index contributed by atoms with van der Waals surface area (Å²) in [6.45, 7) is 7.31. The first-order chi connectivity index (χ1) is 13.3. The summed E-state index contributed by atoms with van der Waals surface area (Å²) < 4.78 is 21.2. The molecule has 2 aromatic carbocycles. The largest absolute Gasteiger partial charge is 0.443 e. The van der Waals surface area contributed by atoms with Gasteiger partial charge in [-0.05, 0) is 51.3 Å². The molecule has 142 valence electrons. The van der Waals surface area contributed by atoms with Crippen molar-refractivity contribution in [1.29, 1.82) is 0 Å². The topological polar surface area (TPSA) is 44.1 Å². The Kier molecular flexibility index (Phi) is 4.18. The van der Waals surface area contributed by atoms with E-state index < -0.39 is 11.7 Å². The molecule has 0 unspecified atom stereocenters. The lowest BCUT2D eigenvalue weighted by Gasteiger charge is -2.20. The Balaban J connectivity index is 2.05. The summed E-state index contributed by atoms with van der Waals surface area (Å²) in [6.07, 6.45) is 3.07. The van der Waals surface area contributed by atoms with Crippen molar-refractivity contribution in [2.75, 3.05) is 0 Å². The number of fused-ring (bicyclic) bond motifs is 2. The summed E-state index contributed by atoms with van der Waals surface area (Å²) in [5, 5.41) is 2.63. The van der Waals surface area contributed by atoms with Crippen molar-refractivity contribution in [3.63, 3.8) is 0 Å². The SMILES string of the molecule is Cc1c(-c2cncc3ccccc23)c2cc(F)ccc2n1C(=O)OC(C)(C)C. The Hall–Kier alpha value is -3.21. The highest BCUT2D eigenvalue weighted by Crippen LogP contribution is 2.38. The van der Waals surface area contributed by atoms with Crippen LogP contribution in [0.2, 0.25) is 0 Å². The molecular formula is C23H21FN2O2. The minimum absolute atomic E-state index is 0.358. The lowest BCUT2D eigenvalue weighted by Crippen LogP contribution is -2.27. The number of ether oxygens (including phenoxy) is 1. The Morgan fingerprint density at radius 3 is 2.57 bits per heavy atom. The van der Waals surface area contributed by atoms with Gasteiger partial charge in [-0.1, -0.05) is 24.3 Å². The molecule has 0 saturated heterocycles. The molecule has 2 heterocycles. The summed E-state index contributed by atoms with van der Waals surface area (Å²) >= 11 is 0. The number of carbonyl (C=O) groups is 1. The van der Waals surface area contributed by atoms with Crippen LogP contribution in [-0.4, -0.2) is 21.2 Å². The number of benzene rings is 2. The highest BCUT2D eigenvalue weighted by Gasteiger charge is 2.25. The average Bonchev–Trinajstić information content (AvgIpc) is 2.91. The first-order valence-electron chi connectivity index (χ1n) is 9.13. The number of rotatable bonds is 1. The number of nitrogens with zero attached hydrogens (tertiary/aromatic N) is 2.